The van der Waals surface area contributed by atoms with E-state index >= 15 is 0 Å². The van der Waals surface area contributed by atoms with E-state index in [1.54, 1.807) is 31.6 Å². The van der Waals surface area contributed by atoms with Crippen LogP contribution >= 0.6 is 0 Å². The van der Waals surface area contributed by atoms with Gasteiger partial charge in [-0.1, -0.05) is 0 Å². The van der Waals surface area contributed by atoms with Gasteiger partial charge in [0.25, 0.3) is 0 Å². The van der Waals surface area contributed by atoms with E-state index in [1.165, 1.54) is 6.07 Å². The molecule has 0 unspecified atom stereocenters. The number of carbonyl (C=O) groups is 1. The summed E-state index contributed by atoms with van der Waals surface area (Å²) in [5.41, 5.74) is 1.85. The number of nitrogens with zero attached hydrogens (tertiary/aromatic N) is 1. The van der Waals surface area contributed by atoms with Crippen molar-refractivity contribution in [3.8, 4) is 16.9 Å². The first-order valence-corrected chi connectivity index (χ1v) is 5.04. The molecule has 1 N–H and O–H groups in total. The van der Waals surface area contributed by atoms with Gasteiger partial charge in [0.1, 0.15) is 5.75 Å². The molecule has 4 nitrogen and oxygen atoms in total. The van der Waals surface area contributed by atoms with Crippen LogP contribution in [-0.4, -0.2) is 23.2 Å². The molecule has 0 aliphatic heterocycles. The maximum atomic E-state index is 10.9. The number of aromatic nitrogens is 1. The Morgan fingerprint density at radius 3 is 2.53 bits per heavy atom. The Balaban J connectivity index is 2.58. The zero-order chi connectivity index (χ0) is 12.3. The van der Waals surface area contributed by atoms with Gasteiger partial charge in [-0.15, -0.1) is 0 Å². The molecule has 17 heavy (non-hydrogen) atoms. The molecule has 0 aliphatic rings. The number of hydrogen-bond donors (Lipinski definition) is 1. The maximum absolute atomic E-state index is 10.9. The highest BCUT2D eigenvalue weighted by Gasteiger charge is 2.10. The van der Waals surface area contributed by atoms with E-state index in [1.807, 2.05) is 12.1 Å². The van der Waals surface area contributed by atoms with Crippen molar-refractivity contribution in [1.82, 2.24) is 4.98 Å². The molecule has 1 aromatic heterocycles. The lowest BCUT2D eigenvalue weighted by atomic mass is 10.0. The minimum atomic E-state index is -0.956. The van der Waals surface area contributed by atoms with Gasteiger partial charge in [-0.3, -0.25) is 4.98 Å². The van der Waals surface area contributed by atoms with E-state index < -0.39 is 5.97 Å². The molecule has 86 valence electrons. The van der Waals surface area contributed by atoms with Gasteiger partial charge in [-0.25, -0.2) is 4.79 Å². The van der Waals surface area contributed by atoms with Gasteiger partial charge in [0, 0.05) is 18.0 Å². The Morgan fingerprint density at radius 1 is 1.24 bits per heavy atom. The Hall–Kier alpha value is -2.36. The summed E-state index contributed by atoms with van der Waals surface area (Å²) in [5.74, 6) is -0.316. The second-order valence-corrected chi connectivity index (χ2v) is 3.46. The van der Waals surface area contributed by atoms with Crippen LogP contribution < -0.4 is 4.74 Å². The first-order valence-electron chi connectivity index (χ1n) is 5.04. The molecule has 0 amide bonds. The third kappa shape index (κ3) is 2.25. The van der Waals surface area contributed by atoms with Crippen LogP contribution in [0.2, 0.25) is 0 Å². The van der Waals surface area contributed by atoms with Crippen molar-refractivity contribution >= 4 is 5.97 Å². The van der Waals surface area contributed by atoms with Crippen LogP contribution in [0.1, 0.15) is 10.4 Å². The van der Waals surface area contributed by atoms with Gasteiger partial charge in [0.2, 0.25) is 0 Å². The summed E-state index contributed by atoms with van der Waals surface area (Å²) < 4.78 is 5.22. The Labute approximate surface area is 98.5 Å². The molecular weight excluding hydrogens is 218 g/mol. The topological polar surface area (TPSA) is 59.4 Å². The fraction of sp³-hybridized carbons (Fsp3) is 0.0769. The third-order valence-corrected chi connectivity index (χ3v) is 2.44. The highest BCUT2D eigenvalue weighted by molar-refractivity contribution is 5.90. The predicted molar refractivity (Wildman–Crippen MR) is 63.2 cm³/mol. The van der Waals surface area contributed by atoms with E-state index in [2.05, 4.69) is 4.98 Å². The Bertz CT molecular complexity index is 538. The summed E-state index contributed by atoms with van der Waals surface area (Å²) in [6.45, 7) is 0. The number of ether oxygens (including phenoxy) is 1. The van der Waals surface area contributed by atoms with E-state index in [0.29, 0.717) is 5.75 Å². The van der Waals surface area contributed by atoms with Gasteiger partial charge in [-0.2, -0.15) is 0 Å². The molecule has 0 saturated carbocycles. The van der Waals surface area contributed by atoms with Crippen molar-refractivity contribution in [3.63, 3.8) is 0 Å². The lowest BCUT2D eigenvalue weighted by Crippen LogP contribution is -1.97. The number of methoxy groups -OCH3 is 1. The predicted octanol–water partition coefficient (Wildman–Crippen LogP) is 2.46. The number of hydrogen-bond acceptors (Lipinski definition) is 3. The van der Waals surface area contributed by atoms with E-state index in [9.17, 15) is 4.79 Å². The van der Waals surface area contributed by atoms with Crippen LogP contribution in [0, 0.1) is 0 Å². The molecule has 4 heteroatoms. The molecule has 0 spiro atoms. The van der Waals surface area contributed by atoms with E-state index in [4.69, 9.17) is 9.84 Å². The highest BCUT2D eigenvalue weighted by Crippen LogP contribution is 2.30. The zero-order valence-corrected chi connectivity index (χ0v) is 9.25. The van der Waals surface area contributed by atoms with Gasteiger partial charge in [0.15, 0.2) is 0 Å². The Morgan fingerprint density at radius 2 is 1.94 bits per heavy atom. The van der Waals surface area contributed by atoms with Crippen LogP contribution in [0.5, 0.6) is 5.75 Å². The van der Waals surface area contributed by atoms with Crippen molar-refractivity contribution in [1.29, 1.82) is 0 Å². The van der Waals surface area contributed by atoms with Crippen molar-refractivity contribution in [3.05, 3.63) is 48.3 Å². The van der Waals surface area contributed by atoms with E-state index in [0.717, 1.165) is 11.1 Å². The van der Waals surface area contributed by atoms with Gasteiger partial charge >= 0.3 is 5.97 Å². The monoisotopic (exact) mass is 229 g/mol. The van der Waals surface area contributed by atoms with Crippen molar-refractivity contribution in [2.75, 3.05) is 7.11 Å². The summed E-state index contributed by atoms with van der Waals surface area (Å²) in [7, 11) is 1.56. The first kappa shape index (κ1) is 11.1. The molecule has 1 heterocycles. The van der Waals surface area contributed by atoms with Crippen LogP contribution in [0.4, 0.5) is 0 Å². The number of benzene rings is 1. The SMILES string of the molecule is COc1ccc(C(=O)O)cc1-c1ccncc1. The fourth-order valence-corrected chi connectivity index (χ4v) is 1.60. The van der Waals surface area contributed by atoms with E-state index in [-0.39, 0.29) is 5.56 Å². The third-order valence-electron chi connectivity index (χ3n) is 2.44. The second-order valence-electron chi connectivity index (χ2n) is 3.46. The summed E-state index contributed by atoms with van der Waals surface area (Å²) in [5, 5.41) is 8.97. The van der Waals surface area contributed by atoms with Crippen molar-refractivity contribution in [2.24, 2.45) is 0 Å². The standard InChI is InChI=1S/C13H11NO3/c1-17-12-3-2-10(13(15)16)8-11(12)9-4-6-14-7-5-9/h2-8H,1H3,(H,15,16). The minimum Gasteiger partial charge on any atom is -0.496 e. The van der Waals surface area contributed by atoms with Crippen LogP contribution in [0.3, 0.4) is 0 Å². The maximum Gasteiger partial charge on any atom is 0.335 e. The smallest absolute Gasteiger partial charge is 0.335 e. The van der Waals surface area contributed by atoms with Crippen LogP contribution in [0.15, 0.2) is 42.7 Å². The normalized spacial score (nSPS) is 9.94. The summed E-state index contributed by atoms with van der Waals surface area (Å²) >= 11 is 0. The van der Waals surface area contributed by atoms with Crippen LogP contribution in [0.25, 0.3) is 11.1 Å². The van der Waals surface area contributed by atoms with Crippen LogP contribution in [-0.2, 0) is 0 Å². The molecular formula is C13H11NO3. The number of carboxylic acid groups (broad SMARTS) is 1. The number of carboxylic acids is 1. The fourth-order valence-electron chi connectivity index (χ4n) is 1.60. The molecule has 0 aliphatic carbocycles. The summed E-state index contributed by atoms with van der Waals surface area (Å²) in [4.78, 5) is 14.9. The van der Waals surface area contributed by atoms with Gasteiger partial charge < -0.3 is 9.84 Å². The molecule has 0 bridgehead atoms. The first-order chi connectivity index (χ1) is 8.22. The van der Waals surface area contributed by atoms with Gasteiger partial charge in [-0.05, 0) is 35.9 Å². The highest BCUT2D eigenvalue weighted by atomic mass is 16.5. The zero-order valence-electron chi connectivity index (χ0n) is 9.25. The minimum absolute atomic E-state index is 0.234. The molecule has 0 saturated heterocycles. The molecule has 2 rings (SSSR count). The lowest BCUT2D eigenvalue weighted by Gasteiger charge is -2.09. The van der Waals surface area contributed by atoms with Crippen molar-refractivity contribution in [2.45, 2.75) is 0 Å². The number of pyridine rings is 1. The quantitative estimate of drug-likeness (QED) is 0.878. The number of aromatic carboxylic acids is 1. The summed E-state index contributed by atoms with van der Waals surface area (Å²) in [6.07, 6.45) is 3.31. The largest absolute Gasteiger partial charge is 0.496 e. The molecule has 1 aromatic carbocycles. The molecule has 2 aromatic rings. The molecule has 0 atom stereocenters. The number of rotatable bonds is 3. The second kappa shape index (κ2) is 4.65. The average Bonchev–Trinajstić information content (AvgIpc) is 2.39. The lowest BCUT2D eigenvalue weighted by molar-refractivity contribution is 0.0697. The summed E-state index contributed by atoms with van der Waals surface area (Å²) in [6, 6.07) is 8.38. The van der Waals surface area contributed by atoms with Gasteiger partial charge in [0.05, 0.1) is 12.7 Å². The average molecular weight is 229 g/mol. The Kier molecular flexibility index (Phi) is 3.05. The molecule has 0 fully saturated rings. The van der Waals surface area contributed by atoms with Crippen molar-refractivity contribution < 1.29 is 14.6 Å². The molecule has 0 radical (unpaired) electrons.